The molecule has 0 aliphatic carbocycles. The van der Waals surface area contributed by atoms with Crippen LogP contribution in [0.5, 0.6) is 0 Å². The number of nitrogens with zero attached hydrogens (tertiary/aromatic N) is 1. The number of rotatable bonds is 4. The molecule has 1 aromatic rings. The smallest absolute Gasteiger partial charge is 0.239 e. The Morgan fingerprint density at radius 2 is 2.11 bits per heavy atom. The van der Waals surface area contributed by atoms with Crippen LogP contribution >= 0.6 is 0 Å². The van der Waals surface area contributed by atoms with Crippen LogP contribution in [0.15, 0.2) is 18.2 Å². The summed E-state index contributed by atoms with van der Waals surface area (Å²) in [5.41, 5.74) is -0.367. The van der Waals surface area contributed by atoms with E-state index >= 15 is 0 Å². The van der Waals surface area contributed by atoms with Gasteiger partial charge in [-0.25, -0.2) is 8.78 Å². The van der Waals surface area contributed by atoms with Gasteiger partial charge in [-0.05, 0) is 18.6 Å². The molecule has 1 aliphatic rings. The summed E-state index contributed by atoms with van der Waals surface area (Å²) < 4.78 is 26.9. The van der Waals surface area contributed by atoms with Gasteiger partial charge in [-0.15, -0.1) is 0 Å². The van der Waals surface area contributed by atoms with E-state index in [4.69, 9.17) is 0 Å². The molecule has 2 rings (SSSR count). The summed E-state index contributed by atoms with van der Waals surface area (Å²) in [6.07, 6.45) is -0.693. The number of nitrogens with one attached hydrogen (secondary N) is 1. The molecule has 1 aliphatic heterocycles. The third-order valence-electron chi connectivity index (χ3n) is 3.32. The molecule has 2 unspecified atom stereocenters. The van der Waals surface area contributed by atoms with E-state index < -0.39 is 23.8 Å². The Morgan fingerprint density at radius 3 is 2.63 bits per heavy atom. The first-order valence-electron chi connectivity index (χ1n) is 6.11. The third-order valence-corrected chi connectivity index (χ3v) is 3.32. The van der Waals surface area contributed by atoms with E-state index in [-0.39, 0.29) is 18.0 Å². The molecule has 0 radical (unpaired) electrons. The molecule has 104 valence electrons. The molecule has 2 N–H and O–H groups in total. The van der Waals surface area contributed by atoms with Crippen molar-refractivity contribution in [1.82, 2.24) is 10.2 Å². The van der Waals surface area contributed by atoms with E-state index in [1.54, 1.807) is 11.9 Å². The summed E-state index contributed by atoms with van der Waals surface area (Å²) in [5, 5.41) is 12.7. The minimum Gasteiger partial charge on any atom is -0.387 e. The molecule has 1 amide bonds. The maximum absolute atomic E-state index is 13.4. The van der Waals surface area contributed by atoms with Gasteiger partial charge in [0.05, 0.1) is 17.7 Å². The second-order valence-electron chi connectivity index (χ2n) is 4.66. The van der Waals surface area contributed by atoms with E-state index in [1.165, 1.54) is 6.07 Å². The van der Waals surface area contributed by atoms with Crippen molar-refractivity contribution in [2.75, 3.05) is 20.1 Å². The highest BCUT2D eigenvalue weighted by molar-refractivity contribution is 5.83. The zero-order valence-corrected chi connectivity index (χ0v) is 10.6. The molecule has 2 atom stereocenters. The molecule has 1 heterocycles. The highest BCUT2D eigenvalue weighted by Gasteiger charge is 2.29. The van der Waals surface area contributed by atoms with Crippen LogP contribution < -0.4 is 5.32 Å². The summed E-state index contributed by atoms with van der Waals surface area (Å²) in [7, 11) is 1.69. The predicted molar refractivity (Wildman–Crippen MR) is 65.4 cm³/mol. The molecule has 1 fully saturated rings. The molecule has 4 nitrogen and oxygen atoms in total. The molecule has 0 saturated carbocycles. The highest BCUT2D eigenvalue weighted by Crippen LogP contribution is 2.20. The number of aliphatic hydroxyl groups is 1. The van der Waals surface area contributed by atoms with Gasteiger partial charge >= 0.3 is 0 Å². The molecule has 0 aromatic heterocycles. The van der Waals surface area contributed by atoms with Crippen molar-refractivity contribution in [2.45, 2.75) is 18.6 Å². The number of carbonyl (C=O) groups excluding carboxylic acids is 1. The number of aliphatic hydroxyl groups excluding tert-OH is 1. The van der Waals surface area contributed by atoms with Gasteiger partial charge in [0, 0.05) is 20.1 Å². The topological polar surface area (TPSA) is 52.6 Å². The number of benzene rings is 1. The minimum atomic E-state index is -1.32. The second-order valence-corrected chi connectivity index (χ2v) is 4.66. The lowest BCUT2D eigenvalue weighted by Crippen LogP contribution is -2.39. The summed E-state index contributed by atoms with van der Waals surface area (Å²) in [4.78, 5) is 13.2. The number of likely N-dealkylation sites (tertiary alicyclic amines) is 1. The van der Waals surface area contributed by atoms with E-state index in [9.17, 15) is 18.7 Å². The first-order chi connectivity index (χ1) is 9.00. The fraction of sp³-hybridized carbons (Fsp3) is 0.462. The lowest BCUT2D eigenvalue weighted by Gasteiger charge is -2.17. The number of amides is 1. The van der Waals surface area contributed by atoms with Crippen molar-refractivity contribution in [3.63, 3.8) is 0 Å². The predicted octanol–water partition coefficient (Wildman–Crippen LogP) is 0.818. The molecule has 6 heteroatoms. The average Bonchev–Trinajstić information content (AvgIpc) is 2.67. The van der Waals surface area contributed by atoms with Crippen LogP contribution in [0.25, 0.3) is 0 Å². The van der Waals surface area contributed by atoms with Gasteiger partial charge in [0.1, 0.15) is 11.6 Å². The molecular weight excluding hydrogens is 254 g/mol. The van der Waals surface area contributed by atoms with Crippen molar-refractivity contribution in [1.29, 1.82) is 0 Å². The van der Waals surface area contributed by atoms with Crippen LogP contribution in [-0.2, 0) is 4.79 Å². The quantitative estimate of drug-likeness (QED) is 0.851. The van der Waals surface area contributed by atoms with Crippen LogP contribution in [-0.4, -0.2) is 42.1 Å². The van der Waals surface area contributed by atoms with Crippen molar-refractivity contribution in [3.8, 4) is 0 Å². The fourth-order valence-electron chi connectivity index (χ4n) is 2.20. The summed E-state index contributed by atoms with van der Waals surface area (Å²) in [6.45, 7) is 0.572. The Bertz CT molecular complexity index is 461. The molecule has 0 bridgehead atoms. The first-order valence-corrected chi connectivity index (χ1v) is 6.11. The van der Waals surface area contributed by atoms with Gasteiger partial charge < -0.3 is 15.3 Å². The van der Waals surface area contributed by atoms with E-state index in [2.05, 4.69) is 5.32 Å². The lowest BCUT2D eigenvalue weighted by atomic mass is 10.1. The molecule has 19 heavy (non-hydrogen) atoms. The number of hydrogen-bond donors (Lipinski definition) is 2. The number of halogens is 2. The zero-order valence-electron chi connectivity index (χ0n) is 10.6. The first kappa shape index (κ1) is 13.9. The maximum atomic E-state index is 13.4. The third kappa shape index (κ3) is 2.90. The largest absolute Gasteiger partial charge is 0.387 e. The number of carbonyl (C=O) groups is 1. The Balaban J connectivity index is 1.98. The van der Waals surface area contributed by atoms with Gasteiger partial charge in [0.15, 0.2) is 0 Å². The monoisotopic (exact) mass is 270 g/mol. The van der Waals surface area contributed by atoms with E-state index in [1.807, 2.05) is 0 Å². The molecule has 1 aromatic carbocycles. The van der Waals surface area contributed by atoms with Crippen LogP contribution in [0.2, 0.25) is 0 Å². The summed E-state index contributed by atoms with van der Waals surface area (Å²) in [5.74, 6) is -1.64. The second kappa shape index (κ2) is 5.63. The van der Waals surface area contributed by atoms with Crippen LogP contribution in [0.1, 0.15) is 18.1 Å². The normalized spacial score (nSPS) is 20.9. The summed E-state index contributed by atoms with van der Waals surface area (Å²) >= 11 is 0. The minimum absolute atomic E-state index is 0.0674. The van der Waals surface area contributed by atoms with Crippen LogP contribution in [0.4, 0.5) is 8.78 Å². The van der Waals surface area contributed by atoms with Gasteiger partial charge in [-0.3, -0.25) is 4.79 Å². The van der Waals surface area contributed by atoms with E-state index in [0.717, 1.165) is 12.1 Å². The Labute approximate surface area is 110 Å². The van der Waals surface area contributed by atoms with Crippen LogP contribution in [0.3, 0.4) is 0 Å². The Morgan fingerprint density at radius 1 is 1.47 bits per heavy atom. The van der Waals surface area contributed by atoms with Crippen molar-refractivity contribution in [3.05, 3.63) is 35.4 Å². The maximum Gasteiger partial charge on any atom is 0.239 e. The molecular formula is C13H16F2N2O2. The van der Waals surface area contributed by atoms with Crippen molar-refractivity contribution < 1.29 is 18.7 Å². The summed E-state index contributed by atoms with van der Waals surface area (Å²) in [6, 6.07) is 3.03. The highest BCUT2D eigenvalue weighted by atomic mass is 19.1. The van der Waals surface area contributed by atoms with Gasteiger partial charge in [-0.1, -0.05) is 6.07 Å². The SMILES string of the molecule is CN1CCC(NCC(O)c2c(F)cccc2F)C1=O. The van der Waals surface area contributed by atoms with Gasteiger partial charge in [0.2, 0.25) is 5.91 Å². The number of likely N-dealkylation sites (N-methyl/N-ethyl adjacent to an activating group) is 1. The van der Waals surface area contributed by atoms with Gasteiger partial charge in [-0.2, -0.15) is 0 Å². The average molecular weight is 270 g/mol. The molecule has 0 spiro atoms. The number of hydrogen-bond acceptors (Lipinski definition) is 3. The van der Waals surface area contributed by atoms with Crippen molar-refractivity contribution >= 4 is 5.91 Å². The zero-order chi connectivity index (χ0) is 14.0. The van der Waals surface area contributed by atoms with Crippen LogP contribution in [0, 0.1) is 11.6 Å². The lowest BCUT2D eigenvalue weighted by molar-refractivity contribution is -0.128. The molecule has 1 saturated heterocycles. The van der Waals surface area contributed by atoms with Gasteiger partial charge in [0.25, 0.3) is 0 Å². The van der Waals surface area contributed by atoms with E-state index in [0.29, 0.717) is 13.0 Å². The van der Waals surface area contributed by atoms with Crippen molar-refractivity contribution in [2.24, 2.45) is 0 Å². The standard InChI is InChI=1S/C13H16F2N2O2/c1-17-6-5-10(13(17)19)16-7-11(18)12-8(14)3-2-4-9(12)15/h2-4,10-11,16,18H,5-7H2,1H3. The Hall–Kier alpha value is -1.53. The fourth-order valence-corrected chi connectivity index (χ4v) is 2.20. The Kier molecular flexibility index (Phi) is 4.11.